The van der Waals surface area contributed by atoms with Gasteiger partial charge < -0.3 is 23.7 Å². The van der Waals surface area contributed by atoms with E-state index in [-0.39, 0.29) is 37.1 Å². The van der Waals surface area contributed by atoms with Gasteiger partial charge >= 0.3 is 5.97 Å². The van der Waals surface area contributed by atoms with Gasteiger partial charge in [-0.2, -0.15) is 0 Å². The van der Waals surface area contributed by atoms with Crippen LogP contribution in [0.25, 0.3) is 0 Å². The number of hydrogen-bond donors (Lipinski definition) is 0. The Hall–Kier alpha value is -5.85. The van der Waals surface area contributed by atoms with Crippen molar-refractivity contribution in [3.63, 3.8) is 0 Å². The van der Waals surface area contributed by atoms with Gasteiger partial charge in [-0.15, -0.1) is 0 Å². The minimum Gasteiger partial charge on any atom is -0.493 e. The van der Waals surface area contributed by atoms with E-state index in [1.54, 1.807) is 53.6 Å². The molecule has 4 atom stereocenters. The lowest BCUT2D eigenvalue weighted by molar-refractivity contribution is -0.135. The molecule has 0 spiro atoms. The molecule has 3 aromatic rings. The summed E-state index contributed by atoms with van der Waals surface area (Å²) >= 11 is 0. The minimum absolute atomic E-state index is 0.0354. The molecule has 52 heavy (non-hydrogen) atoms. The quantitative estimate of drug-likeness (QED) is 0.232. The van der Waals surface area contributed by atoms with Gasteiger partial charge in [0, 0.05) is 55.9 Å². The van der Waals surface area contributed by atoms with Gasteiger partial charge in [0.2, 0.25) is 0 Å². The number of anilines is 2. The molecule has 4 aliphatic heterocycles. The molecule has 0 bridgehead atoms. The fourth-order valence-electron chi connectivity index (χ4n) is 7.33. The molecule has 0 N–H and O–H groups in total. The summed E-state index contributed by atoms with van der Waals surface area (Å²) in [4.78, 5) is 53.0. The molecule has 0 aromatic heterocycles. The number of methoxy groups -OCH3 is 3. The van der Waals surface area contributed by atoms with Crippen LogP contribution in [0.3, 0.4) is 0 Å². The van der Waals surface area contributed by atoms with Crippen LogP contribution >= 0.6 is 0 Å². The van der Waals surface area contributed by atoms with Crippen molar-refractivity contribution in [2.24, 2.45) is 9.98 Å². The van der Waals surface area contributed by atoms with E-state index in [4.69, 9.17) is 28.7 Å². The van der Waals surface area contributed by atoms with Crippen molar-refractivity contribution in [3.8, 4) is 11.5 Å². The van der Waals surface area contributed by atoms with Crippen molar-refractivity contribution in [2.75, 3.05) is 44.3 Å². The fraction of sp³-hybridized carbons (Fsp3) is 0.275. The molecule has 0 fully saturated rings. The average molecular weight is 701 g/mol. The first-order chi connectivity index (χ1) is 25.4. The molecule has 4 heterocycles. The molecule has 2 amide bonds. The first-order valence-corrected chi connectivity index (χ1v) is 17.0. The second kappa shape index (κ2) is 13.7. The fourth-order valence-corrected chi connectivity index (χ4v) is 7.33. The Labute approximate surface area is 300 Å². The van der Waals surface area contributed by atoms with E-state index >= 15 is 0 Å². The highest BCUT2D eigenvalue weighted by Crippen LogP contribution is 2.41. The van der Waals surface area contributed by atoms with E-state index in [2.05, 4.69) is 4.99 Å². The third-order valence-corrected chi connectivity index (χ3v) is 9.90. The Kier molecular flexibility index (Phi) is 8.77. The highest BCUT2D eigenvalue weighted by atomic mass is 16.5. The zero-order valence-corrected chi connectivity index (χ0v) is 28.9. The Bertz CT molecular complexity index is 2130. The summed E-state index contributed by atoms with van der Waals surface area (Å²) in [5.41, 5.74) is 6.18. The van der Waals surface area contributed by atoms with Gasteiger partial charge in [0.15, 0.2) is 11.5 Å². The standard InChI is InChI=1S/C40H36N4O8/c1-48-34-15-28-30(41-19-26-13-24-8-4-6-10-32(24)43(26)39(28)46)17-36(34)51-21-23(12-38(45)50-3)22-52-37-18-31-29(16-35(37)49-2)40(47)44-27(20-42-31)14-25-9-5-7-11-33(25)44/h4-12,15-20,26-27,34,36H,13-14,21-22H2,1-3H3/b23-12+/t26-,27-,34?,36?/m0/s1. The van der Waals surface area contributed by atoms with Crippen molar-refractivity contribution >= 4 is 47.3 Å². The first kappa shape index (κ1) is 33.3. The van der Waals surface area contributed by atoms with Crippen LogP contribution in [0.5, 0.6) is 11.5 Å². The molecule has 0 saturated heterocycles. The Morgan fingerprint density at radius 3 is 2.15 bits per heavy atom. The van der Waals surface area contributed by atoms with E-state index in [9.17, 15) is 14.4 Å². The van der Waals surface area contributed by atoms with Gasteiger partial charge in [-0.25, -0.2) is 4.79 Å². The lowest BCUT2D eigenvalue weighted by atomic mass is 9.98. The van der Waals surface area contributed by atoms with Crippen LogP contribution in [0.15, 0.2) is 106 Å². The third-order valence-electron chi connectivity index (χ3n) is 9.90. The summed E-state index contributed by atoms with van der Waals surface area (Å²) in [5, 5.41) is 0. The van der Waals surface area contributed by atoms with Gasteiger partial charge in [-0.1, -0.05) is 36.4 Å². The Morgan fingerprint density at radius 2 is 1.48 bits per heavy atom. The topological polar surface area (TPSA) is 129 Å². The SMILES string of the molecule is COC(=O)/C=C(/COc1cc2c(cc1OC)C(=O)N1c3ccccc3C[C@H]1C=N2)COC1C=C2N=C[C@@H]3Cc4ccccc4N3C(=O)C2=CC1OC. The normalized spacial score (nSPS) is 22.6. The molecule has 8 rings (SSSR count). The molecule has 264 valence electrons. The number of amides is 2. The summed E-state index contributed by atoms with van der Waals surface area (Å²) in [6.45, 7) is -0.106. The number of nitrogens with zero attached hydrogens (tertiary/aromatic N) is 4. The van der Waals surface area contributed by atoms with Crippen LogP contribution in [0, 0.1) is 0 Å². The van der Waals surface area contributed by atoms with Crippen molar-refractivity contribution in [2.45, 2.75) is 37.1 Å². The number of fused-ring (bicyclic) bond motifs is 8. The third kappa shape index (κ3) is 5.89. The number of hydrogen-bond acceptors (Lipinski definition) is 10. The van der Waals surface area contributed by atoms with Gasteiger partial charge in [0.05, 0.1) is 55.4 Å². The maximum atomic E-state index is 13.8. The molecule has 5 aliphatic rings. The van der Waals surface area contributed by atoms with Crippen LogP contribution in [0.4, 0.5) is 17.1 Å². The van der Waals surface area contributed by atoms with Crippen LogP contribution in [0.1, 0.15) is 21.5 Å². The number of aliphatic imine (C=N–C) groups is 2. The van der Waals surface area contributed by atoms with Crippen LogP contribution in [0.2, 0.25) is 0 Å². The molecule has 2 unspecified atom stereocenters. The second-order valence-corrected chi connectivity index (χ2v) is 12.9. The molecule has 1 aliphatic carbocycles. The van der Waals surface area contributed by atoms with Gasteiger partial charge in [-0.3, -0.25) is 29.4 Å². The zero-order valence-electron chi connectivity index (χ0n) is 28.9. The van der Waals surface area contributed by atoms with Crippen molar-refractivity contribution < 1.29 is 38.1 Å². The smallest absolute Gasteiger partial charge is 0.330 e. The largest absolute Gasteiger partial charge is 0.493 e. The highest BCUT2D eigenvalue weighted by Gasteiger charge is 2.40. The lowest BCUT2D eigenvalue weighted by Crippen LogP contribution is -2.40. The summed E-state index contributed by atoms with van der Waals surface area (Å²) in [6, 6.07) is 18.6. The molecular formula is C40H36N4O8. The van der Waals surface area contributed by atoms with E-state index < -0.39 is 18.2 Å². The van der Waals surface area contributed by atoms with Crippen LogP contribution < -0.4 is 19.3 Å². The molecule has 0 radical (unpaired) electrons. The predicted octanol–water partition coefficient (Wildman–Crippen LogP) is 4.73. The monoisotopic (exact) mass is 700 g/mol. The average Bonchev–Trinajstić information content (AvgIpc) is 3.66. The zero-order chi connectivity index (χ0) is 35.9. The van der Waals surface area contributed by atoms with Gasteiger partial charge in [0.1, 0.15) is 18.8 Å². The number of rotatable bonds is 9. The number of para-hydroxylation sites is 2. The molecule has 12 heteroatoms. The van der Waals surface area contributed by atoms with Crippen LogP contribution in [-0.2, 0) is 36.6 Å². The van der Waals surface area contributed by atoms with Gasteiger partial charge in [-0.05, 0) is 47.1 Å². The number of carbonyl (C=O) groups excluding carboxylic acids is 3. The summed E-state index contributed by atoms with van der Waals surface area (Å²) in [7, 11) is 4.33. The second-order valence-electron chi connectivity index (χ2n) is 12.9. The lowest BCUT2D eigenvalue weighted by Gasteiger charge is -2.28. The highest BCUT2D eigenvalue weighted by molar-refractivity contribution is 6.15. The molecule has 0 saturated carbocycles. The van der Waals surface area contributed by atoms with E-state index in [1.807, 2.05) is 48.5 Å². The predicted molar refractivity (Wildman–Crippen MR) is 194 cm³/mol. The van der Waals surface area contributed by atoms with Crippen LogP contribution in [-0.4, -0.2) is 89.0 Å². The van der Waals surface area contributed by atoms with E-state index in [0.29, 0.717) is 52.4 Å². The number of esters is 1. The molecular weight excluding hydrogens is 664 g/mol. The number of benzene rings is 3. The maximum Gasteiger partial charge on any atom is 0.330 e. The molecule has 3 aromatic carbocycles. The number of ether oxygens (including phenoxy) is 5. The molecule has 12 nitrogen and oxygen atoms in total. The van der Waals surface area contributed by atoms with Gasteiger partial charge in [0.25, 0.3) is 11.8 Å². The van der Waals surface area contributed by atoms with Crippen molar-refractivity contribution in [1.29, 1.82) is 0 Å². The van der Waals surface area contributed by atoms with Crippen molar-refractivity contribution in [1.82, 2.24) is 0 Å². The first-order valence-electron chi connectivity index (χ1n) is 17.0. The maximum absolute atomic E-state index is 13.8. The number of carbonyl (C=O) groups is 3. The Balaban J connectivity index is 1.00. The Morgan fingerprint density at radius 1 is 0.808 bits per heavy atom. The summed E-state index contributed by atoms with van der Waals surface area (Å²) in [6.07, 6.45) is 8.55. The summed E-state index contributed by atoms with van der Waals surface area (Å²) in [5.74, 6) is -0.243. The van der Waals surface area contributed by atoms with Crippen molar-refractivity contribution in [3.05, 3.63) is 112 Å². The van der Waals surface area contributed by atoms with E-state index in [1.165, 1.54) is 20.3 Å². The summed E-state index contributed by atoms with van der Waals surface area (Å²) < 4.78 is 28.8. The van der Waals surface area contributed by atoms with E-state index in [0.717, 1.165) is 22.5 Å². The minimum atomic E-state index is -0.628.